The first-order valence-electron chi connectivity index (χ1n) is 7.78. The number of thiazole rings is 1. The van der Waals surface area contributed by atoms with E-state index in [-0.39, 0.29) is 11.9 Å². The minimum absolute atomic E-state index is 0.105. The lowest BCUT2D eigenvalue weighted by atomic mass is 10.2. The molecule has 2 aromatic rings. The third kappa shape index (κ3) is 3.71. The monoisotopic (exact) mass is 331 g/mol. The van der Waals surface area contributed by atoms with Crippen molar-refractivity contribution in [1.82, 2.24) is 15.2 Å². The molecule has 0 radical (unpaired) electrons. The van der Waals surface area contributed by atoms with E-state index in [0.29, 0.717) is 6.54 Å². The minimum atomic E-state index is -0.108. The first kappa shape index (κ1) is 16.0. The van der Waals surface area contributed by atoms with E-state index in [4.69, 9.17) is 9.72 Å². The van der Waals surface area contributed by atoms with Gasteiger partial charge < -0.3 is 10.1 Å². The summed E-state index contributed by atoms with van der Waals surface area (Å²) in [6, 6.07) is 7.81. The number of hydrogen-bond donors (Lipinski definition) is 1. The SMILES string of the molecule is COc1ccc(-c2nc(CN3CCCNC(=O)C3C)cs2)cc1. The first-order chi connectivity index (χ1) is 11.2. The molecule has 3 rings (SSSR count). The maximum absolute atomic E-state index is 11.9. The number of methoxy groups -OCH3 is 1. The smallest absolute Gasteiger partial charge is 0.237 e. The number of rotatable bonds is 4. The normalized spacial score (nSPS) is 19.2. The summed E-state index contributed by atoms with van der Waals surface area (Å²) < 4.78 is 5.18. The van der Waals surface area contributed by atoms with Gasteiger partial charge in [0.2, 0.25) is 5.91 Å². The Morgan fingerprint density at radius 2 is 2.17 bits per heavy atom. The lowest BCUT2D eigenvalue weighted by molar-refractivity contribution is -0.125. The van der Waals surface area contributed by atoms with Crippen LogP contribution in [0, 0.1) is 0 Å². The second kappa shape index (κ2) is 7.10. The molecule has 0 spiro atoms. The van der Waals surface area contributed by atoms with E-state index in [1.165, 1.54) is 0 Å². The number of hydrogen-bond acceptors (Lipinski definition) is 5. The molecule has 5 nitrogen and oxygen atoms in total. The Labute approximate surface area is 140 Å². The molecule has 0 bridgehead atoms. The van der Waals surface area contributed by atoms with Gasteiger partial charge in [-0.25, -0.2) is 4.98 Å². The molecule has 1 amide bonds. The van der Waals surface area contributed by atoms with Gasteiger partial charge in [-0.3, -0.25) is 9.69 Å². The van der Waals surface area contributed by atoms with Gasteiger partial charge in [0.15, 0.2) is 0 Å². The van der Waals surface area contributed by atoms with Gasteiger partial charge in [-0.2, -0.15) is 0 Å². The Balaban J connectivity index is 1.72. The van der Waals surface area contributed by atoms with Gasteiger partial charge in [0.1, 0.15) is 10.8 Å². The topological polar surface area (TPSA) is 54.5 Å². The Hall–Kier alpha value is -1.92. The summed E-state index contributed by atoms with van der Waals surface area (Å²) in [6.07, 6.45) is 0.978. The zero-order valence-corrected chi connectivity index (χ0v) is 14.2. The van der Waals surface area contributed by atoms with Crippen LogP contribution in [0.3, 0.4) is 0 Å². The summed E-state index contributed by atoms with van der Waals surface area (Å²) in [6.45, 7) is 4.34. The van der Waals surface area contributed by atoms with Crippen molar-refractivity contribution in [1.29, 1.82) is 0 Å². The van der Waals surface area contributed by atoms with Crippen LogP contribution in [0.15, 0.2) is 29.6 Å². The maximum atomic E-state index is 11.9. The summed E-state index contributed by atoms with van der Waals surface area (Å²) in [4.78, 5) is 18.8. The van der Waals surface area contributed by atoms with Crippen LogP contribution in [0.5, 0.6) is 5.75 Å². The molecule has 1 aromatic heterocycles. The number of aromatic nitrogens is 1. The third-order valence-electron chi connectivity index (χ3n) is 4.10. The zero-order valence-electron chi connectivity index (χ0n) is 13.4. The van der Waals surface area contributed by atoms with Crippen LogP contribution < -0.4 is 10.1 Å². The molecule has 1 atom stereocenters. The molecule has 1 aliphatic heterocycles. The van der Waals surface area contributed by atoms with E-state index in [9.17, 15) is 4.79 Å². The molecule has 2 heterocycles. The molecular formula is C17H21N3O2S. The second-order valence-electron chi connectivity index (χ2n) is 5.66. The van der Waals surface area contributed by atoms with Crippen molar-refractivity contribution in [2.75, 3.05) is 20.2 Å². The van der Waals surface area contributed by atoms with Gasteiger partial charge in [0, 0.05) is 30.6 Å². The summed E-state index contributed by atoms with van der Waals surface area (Å²) in [5.41, 5.74) is 2.10. The van der Waals surface area contributed by atoms with Crippen LogP contribution in [0.1, 0.15) is 19.0 Å². The van der Waals surface area contributed by atoms with E-state index >= 15 is 0 Å². The average Bonchev–Trinajstić information content (AvgIpc) is 2.99. The van der Waals surface area contributed by atoms with Crippen LogP contribution in [0.4, 0.5) is 0 Å². The van der Waals surface area contributed by atoms with Crippen molar-refractivity contribution < 1.29 is 9.53 Å². The van der Waals surface area contributed by atoms with Gasteiger partial charge in [-0.05, 0) is 37.6 Å². The van der Waals surface area contributed by atoms with Gasteiger partial charge in [-0.15, -0.1) is 11.3 Å². The standard InChI is InChI=1S/C17H21N3O2S/c1-12-16(21)18-8-3-9-20(12)10-14-11-23-17(19-14)13-4-6-15(22-2)7-5-13/h4-7,11-12H,3,8-10H2,1-2H3,(H,18,21). The Bertz CT molecular complexity index is 669. The number of amides is 1. The fraction of sp³-hybridized carbons (Fsp3) is 0.412. The van der Waals surface area contributed by atoms with Gasteiger partial charge >= 0.3 is 0 Å². The highest BCUT2D eigenvalue weighted by Gasteiger charge is 2.24. The minimum Gasteiger partial charge on any atom is -0.497 e. The molecule has 122 valence electrons. The van der Waals surface area contributed by atoms with E-state index < -0.39 is 0 Å². The van der Waals surface area contributed by atoms with Crippen molar-refractivity contribution in [3.05, 3.63) is 35.3 Å². The van der Waals surface area contributed by atoms with Crippen LogP contribution in [0.25, 0.3) is 10.6 Å². The van der Waals surface area contributed by atoms with E-state index in [1.807, 2.05) is 31.2 Å². The van der Waals surface area contributed by atoms with E-state index in [2.05, 4.69) is 15.6 Å². The second-order valence-corrected chi connectivity index (χ2v) is 6.52. The highest BCUT2D eigenvalue weighted by atomic mass is 32.1. The number of carbonyl (C=O) groups excluding carboxylic acids is 1. The molecule has 0 saturated carbocycles. The van der Waals surface area contributed by atoms with E-state index in [1.54, 1.807) is 18.4 Å². The molecule has 1 unspecified atom stereocenters. The molecule has 0 aliphatic carbocycles. The zero-order chi connectivity index (χ0) is 16.2. The van der Waals surface area contributed by atoms with Crippen LogP contribution >= 0.6 is 11.3 Å². The Morgan fingerprint density at radius 1 is 1.39 bits per heavy atom. The number of nitrogens with zero attached hydrogens (tertiary/aromatic N) is 2. The van der Waals surface area contributed by atoms with E-state index in [0.717, 1.165) is 41.5 Å². The Morgan fingerprint density at radius 3 is 2.91 bits per heavy atom. The van der Waals surface area contributed by atoms with Gasteiger partial charge in [-0.1, -0.05) is 0 Å². The lowest BCUT2D eigenvalue weighted by Crippen LogP contribution is -2.41. The van der Waals surface area contributed by atoms with Gasteiger partial charge in [0.05, 0.1) is 18.8 Å². The van der Waals surface area contributed by atoms with Crippen molar-refractivity contribution >= 4 is 17.2 Å². The summed E-state index contributed by atoms with van der Waals surface area (Å²) in [7, 11) is 1.66. The van der Waals surface area contributed by atoms with Crippen LogP contribution in [0.2, 0.25) is 0 Å². The van der Waals surface area contributed by atoms with Crippen LogP contribution in [-0.4, -0.2) is 42.0 Å². The average molecular weight is 331 g/mol. The predicted molar refractivity (Wildman–Crippen MR) is 91.6 cm³/mol. The molecule has 1 aliphatic rings. The number of ether oxygens (including phenoxy) is 1. The largest absolute Gasteiger partial charge is 0.497 e. The lowest BCUT2D eigenvalue weighted by Gasteiger charge is -2.24. The summed E-state index contributed by atoms with van der Waals surface area (Å²) in [5.74, 6) is 0.947. The van der Waals surface area contributed by atoms with Crippen molar-refractivity contribution in [3.63, 3.8) is 0 Å². The summed E-state index contributed by atoms with van der Waals surface area (Å²) >= 11 is 1.63. The quantitative estimate of drug-likeness (QED) is 0.935. The number of carbonyl (C=O) groups is 1. The molecule has 1 N–H and O–H groups in total. The molecule has 1 saturated heterocycles. The van der Waals surface area contributed by atoms with Crippen molar-refractivity contribution in [2.45, 2.75) is 25.9 Å². The first-order valence-corrected chi connectivity index (χ1v) is 8.66. The van der Waals surface area contributed by atoms with Crippen molar-refractivity contribution in [2.24, 2.45) is 0 Å². The van der Waals surface area contributed by atoms with Crippen molar-refractivity contribution in [3.8, 4) is 16.3 Å². The molecule has 1 aromatic carbocycles. The van der Waals surface area contributed by atoms with Crippen LogP contribution in [-0.2, 0) is 11.3 Å². The molecule has 1 fully saturated rings. The number of nitrogens with one attached hydrogen (secondary N) is 1. The fourth-order valence-electron chi connectivity index (χ4n) is 2.67. The highest BCUT2D eigenvalue weighted by Crippen LogP contribution is 2.26. The molecular weight excluding hydrogens is 310 g/mol. The summed E-state index contributed by atoms with van der Waals surface area (Å²) in [5, 5.41) is 6.02. The molecule has 23 heavy (non-hydrogen) atoms. The Kier molecular flexibility index (Phi) is 4.93. The maximum Gasteiger partial charge on any atom is 0.237 e. The van der Waals surface area contributed by atoms with Gasteiger partial charge in [0.25, 0.3) is 0 Å². The number of benzene rings is 1. The predicted octanol–water partition coefficient (Wildman–Crippen LogP) is 2.53. The molecule has 6 heteroatoms. The fourth-order valence-corrected chi connectivity index (χ4v) is 3.49. The highest BCUT2D eigenvalue weighted by molar-refractivity contribution is 7.13. The third-order valence-corrected chi connectivity index (χ3v) is 5.04.